The standard InChI is InChI=1S/C16H32N4/c17-15-4-9-18(10-5-15)12-13-19-11-6-16(14-19)20-7-2-1-3-8-20/h15-16H,1-14,17H2. The van der Waals surface area contributed by atoms with Gasteiger partial charge in [0.05, 0.1) is 0 Å². The van der Waals surface area contributed by atoms with Gasteiger partial charge in [0, 0.05) is 31.7 Å². The van der Waals surface area contributed by atoms with Crippen LogP contribution in [0.15, 0.2) is 0 Å². The lowest BCUT2D eigenvalue weighted by Gasteiger charge is -2.33. The quantitative estimate of drug-likeness (QED) is 0.832. The van der Waals surface area contributed by atoms with Crippen molar-refractivity contribution in [2.75, 3.05) is 52.4 Å². The first-order chi connectivity index (χ1) is 9.81. The van der Waals surface area contributed by atoms with Crippen LogP contribution in [-0.4, -0.2) is 79.1 Å². The maximum Gasteiger partial charge on any atom is 0.0235 e. The Bertz CT molecular complexity index is 282. The molecule has 0 amide bonds. The van der Waals surface area contributed by atoms with E-state index in [-0.39, 0.29) is 0 Å². The summed E-state index contributed by atoms with van der Waals surface area (Å²) >= 11 is 0. The summed E-state index contributed by atoms with van der Waals surface area (Å²) in [6.45, 7) is 10.3. The molecule has 3 fully saturated rings. The van der Waals surface area contributed by atoms with Crippen LogP contribution in [0.4, 0.5) is 0 Å². The van der Waals surface area contributed by atoms with Gasteiger partial charge in [-0.3, -0.25) is 4.90 Å². The third-order valence-electron chi connectivity index (χ3n) is 5.52. The van der Waals surface area contributed by atoms with Crippen LogP contribution in [-0.2, 0) is 0 Å². The molecule has 0 saturated carbocycles. The Morgan fingerprint density at radius 1 is 0.750 bits per heavy atom. The molecule has 3 rings (SSSR count). The van der Waals surface area contributed by atoms with Crippen molar-refractivity contribution < 1.29 is 0 Å². The van der Waals surface area contributed by atoms with Crippen molar-refractivity contribution >= 4 is 0 Å². The van der Waals surface area contributed by atoms with E-state index in [1.165, 1.54) is 90.9 Å². The maximum absolute atomic E-state index is 5.97. The molecule has 0 aromatic carbocycles. The summed E-state index contributed by atoms with van der Waals surface area (Å²) < 4.78 is 0. The molecule has 1 atom stereocenters. The van der Waals surface area contributed by atoms with Crippen molar-refractivity contribution in [3.63, 3.8) is 0 Å². The molecule has 20 heavy (non-hydrogen) atoms. The van der Waals surface area contributed by atoms with Crippen molar-refractivity contribution in [3.8, 4) is 0 Å². The van der Waals surface area contributed by atoms with Crippen LogP contribution in [0, 0.1) is 0 Å². The van der Waals surface area contributed by atoms with Gasteiger partial charge in [0.25, 0.3) is 0 Å². The van der Waals surface area contributed by atoms with Gasteiger partial charge in [0.2, 0.25) is 0 Å². The molecule has 0 bridgehead atoms. The lowest BCUT2D eigenvalue weighted by molar-refractivity contribution is 0.152. The minimum Gasteiger partial charge on any atom is -0.328 e. The van der Waals surface area contributed by atoms with E-state index in [9.17, 15) is 0 Å². The molecule has 0 aromatic rings. The molecular weight excluding hydrogens is 248 g/mol. The Morgan fingerprint density at radius 3 is 2.15 bits per heavy atom. The van der Waals surface area contributed by atoms with Crippen LogP contribution in [0.1, 0.15) is 38.5 Å². The predicted molar refractivity (Wildman–Crippen MR) is 83.9 cm³/mol. The van der Waals surface area contributed by atoms with Crippen molar-refractivity contribution in [1.82, 2.24) is 14.7 Å². The lowest BCUT2D eigenvalue weighted by atomic mass is 10.1. The van der Waals surface area contributed by atoms with Crippen molar-refractivity contribution in [2.45, 2.75) is 50.6 Å². The number of hydrogen-bond donors (Lipinski definition) is 1. The van der Waals surface area contributed by atoms with Crippen LogP contribution < -0.4 is 5.73 Å². The summed E-state index contributed by atoms with van der Waals surface area (Å²) in [6, 6.07) is 1.31. The Balaban J connectivity index is 1.35. The third kappa shape index (κ3) is 3.94. The van der Waals surface area contributed by atoms with E-state index in [0.717, 1.165) is 6.04 Å². The average Bonchev–Trinajstić information content (AvgIpc) is 2.97. The third-order valence-corrected chi connectivity index (χ3v) is 5.52. The number of nitrogens with two attached hydrogens (primary N) is 1. The molecule has 3 heterocycles. The highest BCUT2D eigenvalue weighted by molar-refractivity contribution is 4.85. The van der Waals surface area contributed by atoms with Gasteiger partial charge >= 0.3 is 0 Å². The van der Waals surface area contributed by atoms with Gasteiger partial charge in [-0.25, -0.2) is 0 Å². The molecule has 0 radical (unpaired) electrons. The number of hydrogen-bond acceptors (Lipinski definition) is 4. The van der Waals surface area contributed by atoms with Gasteiger partial charge in [-0.1, -0.05) is 6.42 Å². The fraction of sp³-hybridized carbons (Fsp3) is 1.00. The topological polar surface area (TPSA) is 35.7 Å². The molecule has 1 unspecified atom stereocenters. The normalized spacial score (nSPS) is 31.9. The SMILES string of the molecule is NC1CCN(CCN2CCC(N3CCCCC3)C2)CC1. The van der Waals surface area contributed by atoms with Gasteiger partial charge in [0.15, 0.2) is 0 Å². The molecule has 3 aliphatic rings. The number of rotatable bonds is 4. The average molecular weight is 280 g/mol. The van der Waals surface area contributed by atoms with E-state index in [0.29, 0.717) is 6.04 Å². The first-order valence-electron chi connectivity index (χ1n) is 8.75. The van der Waals surface area contributed by atoms with Crippen LogP contribution >= 0.6 is 0 Å². The Morgan fingerprint density at radius 2 is 1.40 bits per heavy atom. The second-order valence-corrected chi connectivity index (χ2v) is 7.02. The highest BCUT2D eigenvalue weighted by Gasteiger charge is 2.28. The summed E-state index contributed by atoms with van der Waals surface area (Å²) in [5, 5.41) is 0. The van der Waals surface area contributed by atoms with E-state index in [4.69, 9.17) is 5.73 Å². The molecule has 2 N–H and O–H groups in total. The van der Waals surface area contributed by atoms with E-state index >= 15 is 0 Å². The minimum atomic E-state index is 0.460. The smallest absolute Gasteiger partial charge is 0.0235 e. The predicted octanol–water partition coefficient (Wildman–Crippen LogP) is 0.970. The maximum atomic E-state index is 5.97. The van der Waals surface area contributed by atoms with E-state index in [2.05, 4.69) is 14.7 Å². The zero-order chi connectivity index (χ0) is 13.8. The van der Waals surface area contributed by atoms with Crippen LogP contribution in [0.5, 0.6) is 0 Å². The first kappa shape index (κ1) is 14.8. The summed E-state index contributed by atoms with van der Waals surface area (Å²) in [6.07, 6.45) is 8.07. The molecule has 3 saturated heterocycles. The van der Waals surface area contributed by atoms with Crippen molar-refractivity contribution in [1.29, 1.82) is 0 Å². The highest BCUT2D eigenvalue weighted by atomic mass is 15.3. The fourth-order valence-corrected chi connectivity index (χ4v) is 4.06. The van der Waals surface area contributed by atoms with Gasteiger partial charge in [-0.2, -0.15) is 0 Å². The zero-order valence-electron chi connectivity index (χ0n) is 13.0. The summed E-state index contributed by atoms with van der Waals surface area (Å²) in [5.74, 6) is 0. The molecule has 116 valence electrons. The molecule has 4 heteroatoms. The fourth-order valence-electron chi connectivity index (χ4n) is 4.06. The van der Waals surface area contributed by atoms with Gasteiger partial charge in [0.1, 0.15) is 0 Å². The number of likely N-dealkylation sites (tertiary alicyclic amines) is 3. The Labute approximate surface area is 124 Å². The molecular formula is C16H32N4. The van der Waals surface area contributed by atoms with Gasteiger partial charge in [-0.15, -0.1) is 0 Å². The summed E-state index contributed by atoms with van der Waals surface area (Å²) in [7, 11) is 0. The summed E-state index contributed by atoms with van der Waals surface area (Å²) in [5.41, 5.74) is 5.97. The molecule has 0 aliphatic carbocycles. The van der Waals surface area contributed by atoms with Gasteiger partial charge in [-0.05, 0) is 64.8 Å². The Kier molecular flexibility index (Phi) is 5.32. The van der Waals surface area contributed by atoms with Crippen molar-refractivity contribution in [2.24, 2.45) is 5.73 Å². The van der Waals surface area contributed by atoms with Crippen LogP contribution in [0.25, 0.3) is 0 Å². The van der Waals surface area contributed by atoms with Gasteiger partial charge < -0.3 is 15.5 Å². The summed E-state index contributed by atoms with van der Waals surface area (Å²) in [4.78, 5) is 8.05. The van der Waals surface area contributed by atoms with Crippen LogP contribution in [0.2, 0.25) is 0 Å². The zero-order valence-corrected chi connectivity index (χ0v) is 13.0. The largest absolute Gasteiger partial charge is 0.328 e. The first-order valence-corrected chi connectivity index (χ1v) is 8.75. The monoisotopic (exact) mass is 280 g/mol. The van der Waals surface area contributed by atoms with Crippen molar-refractivity contribution in [3.05, 3.63) is 0 Å². The minimum absolute atomic E-state index is 0.460. The van der Waals surface area contributed by atoms with E-state index in [1.54, 1.807) is 0 Å². The highest BCUT2D eigenvalue weighted by Crippen LogP contribution is 2.20. The van der Waals surface area contributed by atoms with E-state index < -0.39 is 0 Å². The number of piperidine rings is 2. The lowest BCUT2D eigenvalue weighted by Crippen LogP contribution is -2.44. The molecule has 0 aromatic heterocycles. The molecule has 3 aliphatic heterocycles. The van der Waals surface area contributed by atoms with E-state index in [1.807, 2.05) is 0 Å². The second-order valence-electron chi connectivity index (χ2n) is 7.02. The second kappa shape index (κ2) is 7.21. The Hall–Kier alpha value is -0.160. The van der Waals surface area contributed by atoms with Crippen LogP contribution in [0.3, 0.4) is 0 Å². The molecule has 4 nitrogen and oxygen atoms in total. The molecule has 0 spiro atoms. The number of nitrogens with zero attached hydrogens (tertiary/aromatic N) is 3.